The summed E-state index contributed by atoms with van der Waals surface area (Å²) < 4.78 is 16.6. The molecule has 2 amide bonds. The van der Waals surface area contributed by atoms with Crippen LogP contribution in [-0.4, -0.2) is 43.6 Å². The molecule has 1 unspecified atom stereocenters. The minimum atomic E-state index is -0.417. The quantitative estimate of drug-likeness (QED) is 0.721. The predicted molar refractivity (Wildman–Crippen MR) is 113 cm³/mol. The molecular weight excluding hydrogens is 384 g/mol. The number of para-hydroxylation sites is 1. The monoisotopic (exact) mass is 412 g/mol. The topological polar surface area (TPSA) is 77.1 Å². The molecule has 0 bridgehead atoms. The maximum absolute atomic E-state index is 13.1. The normalized spacial score (nSPS) is 13.3. The van der Waals surface area contributed by atoms with Gasteiger partial charge in [0.1, 0.15) is 19.0 Å². The van der Waals surface area contributed by atoms with Crippen LogP contribution in [0.4, 0.5) is 0 Å². The Kier molecular flexibility index (Phi) is 7.17. The van der Waals surface area contributed by atoms with Crippen molar-refractivity contribution in [2.45, 2.75) is 32.9 Å². The molecule has 0 saturated heterocycles. The van der Waals surface area contributed by atoms with E-state index in [0.29, 0.717) is 37.8 Å². The van der Waals surface area contributed by atoms with Gasteiger partial charge in [-0.25, -0.2) is 0 Å². The molecule has 0 saturated carbocycles. The van der Waals surface area contributed by atoms with Crippen LogP contribution in [0.25, 0.3) is 0 Å². The van der Waals surface area contributed by atoms with E-state index in [1.54, 1.807) is 12.0 Å². The lowest BCUT2D eigenvalue weighted by Gasteiger charge is -2.27. The van der Waals surface area contributed by atoms with Crippen LogP contribution in [0.2, 0.25) is 0 Å². The molecule has 0 fully saturated rings. The number of carbonyl (C=O) groups excluding carboxylic acids is 2. The molecule has 1 aliphatic rings. The zero-order valence-corrected chi connectivity index (χ0v) is 17.6. The van der Waals surface area contributed by atoms with E-state index in [1.807, 2.05) is 49.4 Å². The van der Waals surface area contributed by atoms with Crippen LogP contribution in [0.1, 0.15) is 37.4 Å². The second-order valence-electron chi connectivity index (χ2n) is 7.08. The first kappa shape index (κ1) is 21.5. The molecule has 1 heterocycles. The van der Waals surface area contributed by atoms with E-state index in [0.717, 1.165) is 16.9 Å². The van der Waals surface area contributed by atoms with Crippen LogP contribution in [-0.2, 0) is 16.1 Å². The molecule has 0 aromatic heterocycles. The number of methoxy groups -OCH3 is 1. The Morgan fingerprint density at radius 1 is 1.13 bits per heavy atom. The van der Waals surface area contributed by atoms with Crippen LogP contribution in [0.3, 0.4) is 0 Å². The van der Waals surface area contributed by atoms with E-state index in [1.165, 1.54) is 6.92 Å². The molecule has 1 aliphatic heterocycles. The van der Waals surface area contributed by atoms with Crippen LogP contribution < -0.4 is 19.5 Å². The summed E-state index contributed by atoms with van der Waals surface area (Å²) >= 11 is 0. The first-order chi connectivity index (χ1) is 14.5. The van der Waals surface area contributed by atoms with Crippen molar-refractivity contribution >= 4 is 11.8 Å². The van der Waals surface area contributed by atoms with Gasteiger partial charge < -0.3 is 24.4 Å². The van der Waals surface area contributed by atoms with Gasteiger partial charge in [-0.05, 0) is 30.7 Å². The third-order valence-electron chi connectivity index (χ3n) is 5.02. The Bertz CT molecular complexity index is 882. The van der Waals surface area contributed by atoms with E-state index >= 15 is 0 Å². The molecule has 30 heavy (non-hydrogen) atoms. The minimum Gasteiger partial charge on any atom is -0.497 e. The molecule has 0 spiro atoms. The van der Waals surface area contributed by atoms with E-state index in [-0.39, 0.29) is 18.2 Å². The zero-order valence-electron chi connectivity index (χ0n) is 17.6. The molecule has 1 atom stereocenters. The third-order valence-corrected chi connectivity index (χ3v) is 5.02. The van der Waals surface area contributed by atoms with E-state index in [4.69, 9.17) is 14.2 Å². The number of nitrogens with one attached hydrogen (secondary N) is 1. The van der Waals surface area contributed by atoms with Crippen molar-refractivity contribution < 1.29 is 23.8 Å². The number of rotatable bonds is 8. The van der Waals surface area contributed by atoms with Crippen molar-refractivity contribution in [2.75, 3.05) is 26.9 Å². The lowest BCUT2D eigenvalue weighted by molar-refractivity contribution is -0.132. The average molecular weight is 412 g/mol. The van der Waals surface area contributed by atoms with Crippen molar-refractivity contribution in [1.82, 2.24) is 10.2 Å². The standard InChI is InChI=1S/C23H28N2O5/c1-4-25(15-18-6-5-7-21-23(18)30-13-12-29-21)22(27)14-20(24-16(2)26)17-8-10-19(28-3)11-9-17/h5-11,20H,4,12-15H2,1-3H3,(H,24,26). The van der Waals surface area contributed by atoms with Crippen molar-refractivity contribution in [3.8, 4) is 17.2 Å². The summed E-state index contributed by atoms with van der Waals surface area (Å²) in [6.45, 7) is 5.35. The second-order valence-corrected chi connectivity index (χ2v) is 7.08. The molecule has 3 rings (SSSR count). The Balaban J connectivity index is 1.75. The highest BCUT2D eigenvalue weighted by molar-refractivity contribution is 5.79. The van der Waals surface area contributed by atoms with Gasteiger partial charge in [-0.1, -0.05) is 24.3 Å². The molecule has 160 valence electrons. The lowest BCUT2D eigenvalue weighted by Crippen LogP contribution is -2.35. The van der Waals surface area contributed by atoms with Gasteiger partial charge in [0.25, 0.3) is 0 Å². The smallest absolute Gasteiger partial charge is 0.225 e. The third kappa shape index (κ3) is 5.23. The second kappa shape index (κ2) is 10.0. The number of fused-ring (bicyclic) bond motifs is 1. The largest absolute Gasteiger partial charge is 0.497 e. The van der Waals surface area contributed by atoms with E-state index in [2.05, 4.69) is 5.32 Å². The highest BCUT2D eigenvalue weighted by atomic mass is 16.6. The van der Waals surface area contributed by atoms with Crippen LogP contribution >= 0.6 is 0 Å². The molecular formula is C23H28N2O5. The Morgan fingerprint density at radius 3 is 2.53 bits per heavy atom. The molecule has 7 nitrogen and oxygen atoms in total. The van der Waals surface area contributed by atoms with Crippen LogP contribution in [0.5, 0.6) is 17.2 Å². The summed E-state index contributed by atoms with van der Waals surface area (Å²) in [7, 11) is 1.60. The fourth-order valence-corrected chi connectivity index (χ4v) is 3.48. The number of amides is 2. The Hall–Kier alpha value is -3.22. The van der Waals surface area contributed by atoms with Gasteiger partial charge in [-0.3, -0.25) is 9.59 Å². The van der Waals surface area contributed by atoms with Crippen LogP contribution in [0, 0.1) is 0 Å². The molecule has 1 N–H and O–H groups in total. The van der Waals surface area contributed by atoms with Gasteiger partial charge in [0, 0.05) is 25.6 Å². The van der Waals surface area contributed by atoms with Crippen molar-refractivity contribution in [3.63, 3.8) is 0 Å². The Labute approximate surface area is 176 Å². The number of hydrogen-bond acceptors (Lipinski definition) is 5. The summed E-state index contributed by atoms with van der Waals surface area (Å²) in [4.78, 5) is 26.6. The number of benzene rings is 2. The summed E-state index contributed by atoms with van der Waals surface area (Å²) in [5, 5.41) is 2.89. The summed E-state index contributed by atoms with van der Waals surface area (Å²) in [6.07, 6.45) is 0.159. The van der Waals surface area contributed by atoms with Gasteiger partial charge in [-0.2, -0.15) is 0 Å². The van der Waals surface area contributed by atoms with Gasteiger partial charge in [0.05, 0.1) is 19.6 Å². The fraction of sp³-hybridized carbons (Fsp3) is 0.391. The lowest BCUT2D eigenvalue weighted by atomic mass is 10.0. The SMILES string of the molecule is CCN(Cc1cccc2c1OCCO2)C(=O)CC(NC(C)=O)c1ccc(OC)cc1. The average Bonchev–Trinajstić information content (AvgIpc) is 2.76. The number of nitrogens with zero attached hydrogens (tertiary/aromatic N) is 1. The maximum atomic E-state index is 13.1. The highest BCUT2D eigenvalue weighted by Crippen LogP contribution is 2.34. The summed E-state index contributed by atoms with van der Waals surface area (Å²) in [5.41, 5.74) is 1.76. The molecule has 7 heteroatoms. The Morgan fingerprint density at radius 2 is 1.87 bits per heavy atom. The van der Waals surface area contributed by atoms with Crippen LogP contribution in [0.15, 0.2) is 42.5 Å². The van der Waals surface area contributed by atoms with Gasteiger partial charge in [-0.15, -0.1) is 0 Å². The maximum Gasteiger partial charge on any atom is 0.225 e. The van der Waals surface area contributed by atoms with Crippen molar-refractivity contribution in [3.05, 3.63) is 53.6 Å². The first-order valence-electron chi connectivity index (χ1n) is 10.1. The number of hydrogen-bond donors (Lipinski definition) is 1. The minimum absolute atomic E-state index is 0.0543. The first-order valence-corrected chi connectivity index (χ1v) is 10.1. The summed E-state index contributed by atoms with van der Waals surface area (Å²) in [5.74, 6) is 1.88. The number of carbonyl (C=O) groups is 2. The molecule has 2 aromatic carbocycles. The summed E-state index contributed by atoms with van der Waals surface area (Å²) in [6, 6.07) is 12.7. The van der Waals surface area contributed by atoms with Gasteiger partial charge >= 0.3 is 0 Å². The molecule has 2 aromatic rings. The molecule has 0 radical (unpaired) electrons. The predicted octanol–water partition coefficient (Wildman–Crippen LogP) is 3.08. The zero-order chi connectivity index (χ0) is 21.5. The van der Waals surface area contributed by atoms with E-state index < -0.39 is 6.04 Å². The van der Waals surface area contributed by atoms with Gasteiger partial charge in [0.2, 0.25) is 11.8 Å². The molecule has 0 aliphatic carbocycles. The number of ether oxygens (including phenoxy) is 3. The van der Waals surface area contributed by atoms with E-state index in [9.17, 15) is 9.59 Å². The van der Waals surface area contributed by atoms with Gasteiger partial charge in [0.15, 0.2) is 11.5 Å². The van der Waals surface area contributed by atoms with Crippen molar-refractivity contribution in [2.24, 2.45) is 0 Å². The van der Waals surface area contributed by atoms with Crippen molar-refractivity contribution in [1.29, 1.82) is 0 Å². The fourth-order valence-electron chi connectivity index (χ4n) is 3.48. The highest BCUT2D eigenvalue weighted by Gasteiger charge is 2.23.